The number of carbonyl (C=O) groups is 3. The van der Waals surface area contributed by atoms with Gasteiger partial charge in [-0.25, -0.2) is 4.79 Å². The van der Waals surface area contributed by atoms with E-state index in [0.717, 1.165) is 25.9 Å². The molecule has 0 aromatic rings. The van der Waals surface area contributed by atoms with Crippen LogP contribution in [0.1, 0.15) is 26.7 Å². The molecule has 0 unspecified atom stereocenters. The fourth-order valence-electron chi connectivity index (χ4n) is 3.08. The van der Waals surface area contributed by atoms with Gasteiger partial charge in [-0.3, -0.25) is 14.9 Å². The third-order valence-electron chi connectivity index (χ3n) is 4.77. The van der Waals surface area contributed by atoms with Crippen LogP contribution in [0, 0.1) is 5.41 Å². The van der Waals surface area contributed by atoms with Crippen molar-refractivity contribution < 1.29 is 19.1 Å². The van der Waals surface area contributed by atoms with Crippen molar-refractivity contribution in [3.05, 3.63) is 0 Å². The van der Waals surface area contributed by atoms with E-state index in [1.165, 1.54) is 4.90 Å². The number of carbonyl (C=O) groups excluding carboxylic acids is 3. The standard InChI is InChI=1S/C15H26N4O4/c1-14(2)12(21)18-13(22)19(14)8-11(20)17-9-15(10-23-3)4-6-16-7-5-15/h16H,4-10H2,1-3H3,(H,17,20)(H,18,21,22). The minimum atomic E-state index is -1.01. The predicted octanol–water partition coefficient (Wildman–Crippen LogP) is -0.551. The molecule has 8 heteroatoms. The average molecular weight is 326 g/mol. The molecule has 0 atom stereocenters. The number of methoxy groups -OCH3 is 1. The zero-order valence-electron chi connectivity index (χ0n) is 14.0. The molecule has 0 aromatic carbocycles. The number of imide groups is 1. The van der Waals surface area contributed by atoms with Crippen LogP contribution in [0.3, 0.4) is 0 Å². The lowest BCUT2D eigenvalue weighted by Gasteiger charge is -2.37. The molecule has 0 spiro atoms. The number of urea groups is 1. The van der Waals surface area contributed by atoms with E-state index in [4.69, 9.17) is 4.74 Å². The lowest BCUT2D eigenvalue weighted by molar-refractivity contribution is -0.127. The van der Waals surface area contributed by atoms with Crippen LogP contribution in [0.4, 0.5) is 4.79 Å². The van der Waals surface area contributed by atoms with Crippen molar-refractivity contribution in [2.75, 3.05) is 39.9 Å². The Bertz CT molecular complexity index is 480. The first-order valence-corrected chi connectivity index (χ1v) is 7.90. The first kappa shape index (κ1) is 17.7. The van der Waals surface area contributed by atoms with Crippen molar-refractivity contribution in [1.29, 1.82) is 0 Å². The van der Waals surface area contributed by atoms with Gasteiger partial charge in [0.15, 0.2) is 0 Å². The van der Waals surface area contributed by atoms with Crippen molar-refractivity contribution in [2.45, 2.75) is 32.2 Å². The van der Waals surface area contributed by atoms with Crippen molar-refractivity contribution in [2.24, 2.45) is 5.41 Å². The lowest BCUT2D eigenvalue weighted by Crippen LogP contribution is -2.52. The number of amides is 4. The van der Waals surface area contributed by atoms with Crippen molar-refractivity contribution >= 4 is 17.8 Å². The maximum atomic E-state index is 12.2. The van der Waals surface area contributed by atoms with E-state index in [1.807, 2.05) is 0 Å². The molecule has 0 saturated carbocycles. The summed E-state index contributed by atoms with van der Waals surface area (Å²) in [5.41, 5.74) is -1.08. The number of hydrogen-bond donors (Lipinski definition) is 3. The number of nitrogens with zero attached hydrogens (tertiary/aromatic N) is 1. The molecule has 2 rings (SSSR count). The molecule has 0 radical (unpaired) electrons. The molecule has 0 aliphatic carbocycles. The highest BCUT2D eigenvalue weighted by atomic mass is 16.5. The van der Waals surface area contributed by atoms with Crippen LogP contribution in [0.25, 0.3) is 0 Å². The zero-order valence-corrected chi connectivity index (χ0v) is 14.0. The fraction of sp³-hybridized carbons (Fsp3) is 0.800. The highest BCUT2D eigenvalue weighted by Gasteiger charge is 2.46. The second kappa shape index (κ2) is 6.84. The van der Waals surface area contributed by atoms with Gasteiger partial charge in [0.2, 0.25) is 5.91 Å². The van der Waals surface area contributed by atoms with E-state index in [1.54, 1.807) is 21.0 Å². The maximum absolute atomic E-state index is 12.2. The van der Waals surface area contributed by atoms with Crippen LogP contribution in [-0.2, 0) is 14.3 Å². The van der Waals surface area contributed by atoms with Crippen molar-refractivity contribution in [3.8, 4) is 0 Å². The van der Waals surface area contributed by atoms with Crippen LogP contribution in [0.15, 0.2) is 0 Å². The number of rotatable bonds is 6. The fourth-order valence-corrected chi connectivity index (χ4v) is 3.08. The van der Waals surface area contributed by atoms with Gasteiger partial charge < -0.3 is 20.3 Å². The molecule has 23 heavy (non-hydrogen) atoms. The minimum Gasteiger partial charge on any atom is -0.384 e. The molecule has 3 N–H and O–H groups in total. The number of hydrogen-bond acceptors (Lipinski definition) is 5. The lowest BCUT2D eigenvalue weighted by atomic mass is 9.79. The van der Waals surface area contributed by atoms with Crippen LogP contribution in [0.2, 0.25) is 0 Å². The maximum Gasteiger partial charge on any atom is 0.325 e. The summed E-state index contributed by atoms with van der Waals surface area (Å²) in [5.74, 6) is -0.651. The largest absolute Gasteiger partial charge is 0.384 e. The second-order valence-electron chi connectivity index (χ2n) is 6.86. The van der Waals surface area contributed by atoms with Crippen LogP contribution in [-0.4, -0.2) is 68.2 Å². The Kier molecular flexibility index (Phi) is 5.26. The van der Waals surface area contributed by atoms with Crippen molar-refractivity contribution in [3.63, 3.8) is 0 Å². The summed E-state index contributed by atoms with van der Waals surface area (Å²) < 4.78 is 5.32. The Balaban J connectivity index is 1.91. The first-order valence-electron chi connectivity index (χ1n) is 7.90. The highest BCUT2D eigenvalue weighted by molar-refractivity contribution is 6.07. The molecule has 2 aliphatic rings. The molecular weight excluding hydrogens is 300 g/mol. The molecule has 8 nitrogen and oxygen atoms in total. The smallest absolute Gasteiger partial charge is 0.325 e. The van der Waals surface area contributed by atoms with Gasteiger partial charge in [0.05, 0.1) is 6.61 Å². The van der Waals surface area contributed by atoms with Crippen LogP contribution < -0.4 is 16.0 Å². The summed E-state index contributed by atoms with van der Waals surface area (Å²) in [5, 5.41) is 8.43. The normalized spacial score (nSPS) is 22.8. The van der Waals surface area contributed by atoms with Gasteiger partial charge in [-0.05, 0) is 39.8 Å². The molecule has 2 heterocycles. The van der Waals surface area contributed by atoms with Crippen LogP contribution in [0.5, 0.6) is 0 Å². The highest BCUT2D eigenvalue weighted by Crippen LogP contribution is 2.28. The monoisotopic (exact) mass is 326 g/mol. The van der Waals surface area contributed by atoms with E-state index in [2.05, 4.69) is 16.0 Å². The van der Waals surface area contributed by atoms with Gasteiger partial charge in [-0.2, -0.15) is 0 Å². The van der Waals surface area contributed by atoms with Gasteiger partial charge in [0.25, 0.3) is 5.91 Å². The Morgan fingerprint density at radius 1 is 1.30 bits per heavy atom. The molecule has 2 fully saturated rings. The molecular formula is C15H26N4O4. The number of ether oxygens (including phenoxy) is 1. The van der Waals surface area contributed by atoms with Gasteiger partial charge >= 0.3 is 6.03 Å². The summed E-state index contributed by atoms with van der Waals surface area (Å²) in [6.07, 6.45) is 1.85. The van der Waals surface area contributed by atoms with Gasteiger partial charge in [-0.1, -0.05) is 0 Å². The Morgan fingerprint density at radius 2 is 1.96 bits per heavy atom. The average Bonchev–Trinajstić information content (AvgIpc) is 2.69. The second-order valence-corrected chi connectivity index (χ2v) is 6.86. The van der Waals surface area contributed by atoms with Gasteiger partial charge in [0, 0.05) is 19.1 Å². The summed E-state index contributed by atoms with van der Waals surface area (Å²) in [7, 11) is 1.66. The van der Waals surface area contributed by atoms with Crippen LogP contribution >= 0.6 is 0 Å². The Labute approximate surface area is 136 Å². The number of piperidine rings is 1. The number of nitrogens with one attached hydrogen (secondary N) is 3. The first-order chi connectivity index (χ1) is 10.8. The quantitative estimate of drug-likeness (QED) is 0.569. The van der Waals surface area contributed by atoms with E-state index in [9.17, 15) is 14.4 Å². The topological polar surface area (TPSA) is 99.8 Å². The summed E-state index contributed by atoms with van der Waals surface area (Å²) in [6.45, 7) is 6.00. The zero-order chi connectivity index (χ0) is 17.1. The molecule has 2 saturated heterocycles. The summed E-state index contributed by atoms with van der Waals surface area (Å²) in [6, 6.07) is -0.524. The SMILES string of the molecule is COCC1(CNC(=O)CN2C(=O)NC(=O)C2(C)C)CCNCC1. The minimum absolute atomic E-state index is 0.0751. The molecule has 0 aromatic heterocycles. The summed E-state index contributed by atoms with van der Waals surface area (Å²) in [4.78, 5) is 37.0. The Morgan fingerprint density at radius 3 is 2.48 bits per heavy atom. The predicted molar refractivity (Wildman–Crippen MR) is 83.7 cm³/mol. The van der Waals surface area contributed by atoms with E-state index < -0.39 is 11.6 Å². The van der Waals surface area contributed by atoms with E-state index in [0.29, 0.717) is 13.2 Å². The third-order valence-corrected chi connectivity index (χ3v) is 4.77. The van der Waals surface area contributed by atoms with Crippen molar-refractivity contribution in [1.82, 2.24) is 20.9 Å². The van der Waals surface area contributed by atoms with E-state index in [-0.39, 0.29) is 23.8 Å². The third kappa shape index (κ3) is 3.81. The molecule has 0 bridgehead atoms. The van der Waals surface area contributed by atoms with Gasteiger partial charge in [-0.15, -0.1) is 0 Å². The van der Waals surface area contributed by atoms with E-state index >= 15 is 0 Å². The summed E-state index contributed by atoms with van der Waals surface area (Å²) >= 11 is 0. The molecule has 2 aliphatic heterocycles. The molecule has 4 amide bonds. The van der Waals surface area contributed by atoms with Gasteiger partial charge in [0.1, 0.15) is 12.1 Å². The Hall–Kier alpha value is -1.67. The molecule has 130 valence electrons.